The summed E-state index contributed by atoms with van der Waals surface area (Å²) in [5, 5.41) is 24.3. The van der Waals surface area contributed by atoms with Crippen LogP contribution in [0, 0.1) is 5.92 Å². The first kappa shape index (κ1) is 21.1. The summed E-state index contributed by atoms with van der Waals surface area (Å²) < 4.78 is 5.09. The Morgan fingerprint density at radius 1 is 1.31 bits per heavy atom. The molecule has 1 atom stereocenters. The van der Waals surface area contributed by atoms with Crippen molar-refractivity contribution in [3.8, 4) is 16.2 Å². The second-order valence-corrected chi connectivity index (χ2v) is 7.90. The minimum atomic E-state index is -1.27. The average molecular weight is 439 g/mol. The van der Waals surface area contributed by atoms with Crippen LogP contribution in [-0.4, -0.2) is 47.8 Å². The number of hydrogen-bond acceptors (Lipinski definition) is 6. The number of carboxylic acids is 2. The average Bonchev–Trinajstić information content (AvgIpc) is 3.04. The molecule has 2 aromatic rings. The number of hydrogen-bond donors (Lipinski definition) is 4. The lowest BCUT2D eigenvalue weighted by atomic mass is 9.98. The minimum absolute atomic E-state index is 0.0219. The Kier molecular flexibility index (Phi) is 6.73. The number of rotatable bonds is 7. The lowest BCUT2D eigenvalue weighted by Crippen LogP contribution is -2.37. The molecule has 1 unspecified atom stereocenters. The van der Waals surface area contributed by atoms with Crippen LogP contribution in [0.1, 0.15) is 22.5 Å². The first-order valence-corrected chi connectivity index (χ1v) is 10.1. The van der Waals surface area contributed by atoms with Gasteiger partial charge in [0.15, 0.2) is 17.2 Å². The molecule has 0 aliphatic carbocycles. The van der Waals surface area contributed by atoms with E-state index < -0.39 is 18.5 Å². The third kappa shape index (κ3) is 5.06. The van der Waals surface area contributed by atoms with Crippen LogP contribution in [-0.2, 0) is 9.59 Å². The van der Waals surface area contributed by atoms with E-state index in [-0.39, 0.29) is 27.5 Å². The number of benzene rings is 1. The van der Waals surface area contributed by atoms with Gasteiger partial charge in [0.1, 0.15) is 5.02 Å². The fourth-order valence-electron chi connectivity index (χ4n) is 3.04. The number of aliphatic carboxylic acids is 1. The van der Waals surface area contributed by atoms with Crippen LogP contribution in [0.4, 0.5) is 5.69 Å². The number of ether oxygens (including phenoxy) is 1. The third-order valence-electron chi connectivity index (χ3n) is 4.40. The van der Waals surface area contributed by atoms with E-state index in [0.717, 1.165) is 30.7 Å². The van der Waals surface area contributed by atoms with Crippen LogP contribution in [0.3, 0.4) is 0 Å². The summed E-state index contributed by atoms with van der Waals surface area (Å²) in [6.07, 6.45) is 1.77. The highest BCUT2D eigenvalue weighted by atomic mass is 35.5. The van der Waals surface area contributed by atoms with Crippen molar-refractivity contribution in [2.24, 2.45) is 5.92 Å². The third-order valence-corrected chi connectivity index (χ3v) is 6.08. The summed E-state index contributed by atoms with van der Waals surface area (Å²) >= 11 is 7.19. The van der Waals surface area contributed by atoms with E-state index in [1.54, 1.807) is 24.3 Å². The van der Waals surface area contributed by atoms with Gasteiger partial charge in [0.2, 0.25) is 5.91 Å². The minimum Gasteiger partial charge on any atom is -0.479 e. The molecule has 1 saturated heterocycles. The second-order valence-electron chi connectivity index (χ2n) is 6.50. The largest absolute Gasteiger partial charge is 0.479 e. The molecule has 1 amide bonds. The number of carboxylic acid groups (broad SMARTS) is 2. The molecular weight excluding hydrogens is 420 g/mol. The van der Waals surface area contributed by atoms with Gasteiger partial charge < -0.3 is 25.6 Å². The number of amides is 1. The lowest BCUT2D eigenvalue weighted by molar-refractivity contribution is -0.139. The first-order chi connectivity index (χ1) is 13.9. The summed E-state index contributed by atoms with van der Waals surface area (Å²) in [4.78, 5) is 35.0. The van der Waals surface area contributed by atoms with Crippen LogP contribution in [0.5, 0.6) is 5.75 Å². The number of aromatic carboxylic acids is 1. The normalized spacial score (nSPS) is 16.2. The van der Waals surface area contributed by atoms with Crippen molar-refractivity contribution in [3.63, 3.8) is 0 Å². The fraction of sp³-hybridized carbons (Fsp3) is 0.316. The molecule has 1 aromatic carbocycles. The van der Waals surface area contributed by atoms with E-state index in [1.165, 1.54) is 0 Å². The Balaban J connectivity index is 1.86. The van der Waals surface area contributed by atoms with Gasteiger partial charge in [-0.15, -0.1) is 11.3 Å². The van der Waals surface area contributed by atoms with Crippen LogP contribution in [0.15, 0.2) is 24.3 Å². The maximum Gasteiger partial charge on any atom is 0.349 e. The van der Waals surface area contributed by atoms with Crippen LogP contribution >= 0.6 is 22.9 Å². The molecule has 29 heavy (non-hydrogen) atoms. The van der Waals surface area contributed by atoms with E-state index in [2.05, 4.69) is 10.6 Å². The molecule has 0 saturated carbocycles. The number of halogens is 1. The Labute approximate surface area is 175 Å². The highest BCUT2D eigenvalue weighted by Gasteiger charge is 2.25. The molecular formula is C19H19ClN2O6S. The van der Waals surface area contributed by atoms with E-state index >= 15 is 0 Å². The number of piperidine rings is 1. The topological polar surface area (TPSA) is 125 Å². The van der Waals surface area contributed by atoms with E-state index in [9.17, 15) is 19.5 Å². The Morgan fingerprint density at radius 2 is 2.10 bits per heavy atom. The highest BCUT2D eigenvalue weighted by molar-refractivity contribution is 7.18. The van der Waals surface area contributed by atoms with Crippen molar-refractivity contribution in [2.75, 3.05) is 25.0 Å². The van der Waals surface area contributed by atoms with Gasteiger partial charge in [-0.2, -0.15) is 0 Å². The molecule has 1 aliphatic heterocycles. The smallest absolute Gasteiger partial charge is 0.349 e. The highest BCUT2D eigenvalue weighted by Crippen LogP contribution is 2.45. The number of carbonyl (C=O) groups excluding carboxylic acids is 1. The summed E-state index contributed by atoms with van der Waals surface area (Å²) in [5.74, 6) is -2.87. The predicted molar refractivity (Wildman–Crippen MR) is 109 cm³/mol. The molecule has 1 fully saturated rings. The zero-order chi connectivity index (χ0) is 21.0. The van der Waals surface area contributed by atoms with Crippen molar-refractivity contribution in [1.82, 2.24) is 5.32 Å². The van der Waals surface area contributed by atoms with Gasteiger partial charge >= 0.3 is 11.9 Å². The molecule has 0 bridgehead atoms. The van der Waals surface area contributed by atoms with E-state index in [1.807, 2.05) is 0 Å². The van der Waals surface area contributed by atoms with Crippen molar-refractivity contribution < 1.29 is 29.3 Å². The monoisotopic (exact) mass is 438 g/mol. The standard InChI is InChI=1S/C19H19ClN2O6S/c20-14-15(28-9-13(23)24)17(19(26)27)29-16(14)10-3-1-5-12(7-10)22-18(25)11-4-2-6-21-8-11/h1,3,5,7,11,21H,2,4,6,8-9H2,(H,22,25)(H,23,24)(H,26,27). The fourth-order valence-corrected chi connectivity index (χ4v) is 4.45. The van der Waals surface area contributed by atoms with Gasteiger partial charge in [0, 0.05) is 12.2 Å². The number of nitrogens with one attached hydrogen (secondary N) is 2. The maximum atomic E-state index is 12.5. The summed E-state index contributed by atoms with van der Waals surface area (Å²) in [6.45, 7) is 0.838. The summed E-state index contributed by atoms with van der Waals surface area (Å²) in [5.41, 5.74) is 1.15. The molecule has 154 valence electrons. The number of thiophene rings is 1. The van der Waals surface area contributed by atoms with Crippen LogP contribution < -0.4 is 15.4 Å². The SMILES string of the molecule is O=C(O)COc1c(C(=O)O)sc(-c2cccc(NC(=O)C3CCCNC3)c2)c1Cl. The Morgan fingerprint density at radius 3 is 2.76 bits per heavy atom. The van der Waals surface area contributed by atoms with Gasteiger partial charge in [0.05, 0.1) is 10.8 Å². The molecule has 0 radical (unpaired) electrons. The first-order valence-electron chi connectivity index (χ1n) is 8.89. The van der Waals surface area contributed by atoms with Gasteiger partial charge in [-0.25, -0.2) is 9.59 Å². The van der Waals surface area contributed by atoms with E-state index in [0.29, 0.717) is 22.7 Å². The summed E-state index contributed by atoms with van der Waals surface area (Å²) in [7, 11) is 0. The zero-order valence-corrected chi connectivity index (χ0v) is 16.8. The molecule has 10 heteroatoms. The lowest BCUT2D eigenvalue weighted by Gasteiger charge is -2.22. The second kappa shape index (κ2) is 9.25. The molecule has 1 aliphatic rings. The van der Waals surface area contributed by atoms with E-state index in [4.69, 9.17) is 21.4 Å². The van der Waals surface area contributed by atoms with Gasteiger partial charge in [-0.1, -0.05) is 23.7 Å². The molecule has 2 heterocycles. The predicted octanol–water partition coefficient (Wildman–Crippen LogP) is 3.17. The molecule has 3 rings (SSSR count). The maximum absolute atomic E-state index is 12.5. The van der Waals surface area contributed by atoms with Crippen LogP contribution in [0.2, 0.25) is 5.02 Å². The Hall–Kier alpha value is -2.62. The quantitative estimate of drug-likeness (QED) is 0.523. The Bertz CT molecular complexity index is 939. The summed E-state index contributed by atoms with van der Waals surface area (Å²) in [6, 6.07) is 6.87. The van der Waals surface area contributed by atoms with Crippen molar-refractivity contribution >= 4 is 46.5 Å². The molecule has 1 aromatic heterocycles. The number of carbonyl (C=O) groups is 3. The van der Waals surface area contributed by atoms with Gasteiger partial charge in [0.25, 0.3) is 0 Å². The van der Waals surface area contributed by atoms with Gasteiger partial charge in [-0.3, -0.25) is 4.79 Å². The number of anilines is 1. The molecule has 4 N–H and O–H groups in total. The zero-order valence-electron chi connectivity index (χ0n) is 15.2. The van der Waals surface area contributed by atoms with Crippen molar-refractivity contribution in [3.05, 3.63) is 34.2 Å². The molecule has 8 nitrogen and oxygen atoms in total. The van der Waals surface area contributed by atoms with Crippen LogP contribution in [0.25, 0.3) is 10.4 Å². The molecule has 0 spiro atoms. The van der Waals surface area contributed by atoms with Gasteiger partial charge in [-0.05, 0) is 37.1 Å². The van der Waals surface area contributed by atoms with Crippen molar-refractivity contribution in [2.45, 2.75) is 12.8 Å². The van der Waals surface area contributed by atoms with Crippen molar-refractivity contribution in [1.29, 1.82) is 0 Å².